The SMILES string of the molecule is O=C(COC(=O)c1sccc1-c1ccccc1)NCC(=O)Nc1ccccc1Br. The minimum Gasteiger partial charge on any atom is -0.451 e. The van der Waals surface area contributed by atoms with Crippen LogP contribution in [0.15, 0.2) is 70.5 Å². The molecule has 3 aromatic rings. The van der Waals surface area contributed by atoms with Crippen molar-refractivity contribution in [1.82, 2.24) is 5.32 Å². The van der Waals surface area contributed by atoms with E-state index in [0.29, 0.717) is 10.6 Å². The van der Waals surface area contributed by atoms with Crippen LogP contribution in [0, 0.1) is 0 Å². The van der Waals surface area contributed by atoms with Gasteiger partial charge in [-0.1, -0.05) is 42.5 Å². The van der Waals surface area contributed by atoms with E-state index in [2.05, 4.69) is 26.6 Å². The Morgan fingerprint density at radius 2 is 1.66 bits per heavy atom. The summed E-state index contributed by atoms with van der Waals surface area (Å²) in [5, 5.41) is 6.90. The third kappa shape index (κ3) is 5.75. The van der Waals surface area contributed by atoms with Crippen LogP contribution >= 0.6 is 27.3 Å². The molecule has 0 aliphatic rings. The molecule has 8 heteroatoms. The van der Waals surface area contributed by atoms with Crippen LogP contribution in [-0.2, 0) is 14.3 Å². The predicted molar refractivity (Wildman–Crippen MR) is 116 cm³/mol. The second-order valence-corrected chi connectivity index (χ2v) is 7.68. The monoisotopic (exact) mass is 472 g/mol. The Bertz CT molecular complexity index is 1020. The smallest absolute Gasteiger partial charge is 0.349 e. The van der Waals surface area contributed by atoms with Gasteiger partial charge in [-0.05, 0) is 45.1 Å². The molecule has 2 amide bonds. The van der Waals surface area contributed by atoms with E-state index in [-0.39, 0.29) is 12.5 Å². The lowest BCUT2D eigenvalue weighted by Crippen LogP contribution is -2.35. The number of carbonyl (C=O) groups excluding carboxylic acids is 3. The number of esters is 1. The summed E-state index contributed by atoms with van der Waals surface area (Å²) in [5.41, 5.74) is 2.26. The van der Waals surface area contributed by atoms with Gasteiger partial charge in [-0.15, -0.1) is 11.3 Å². The minimum atomic E-state index is -0.577. The number of hydrogen-bond donors (Lipinski definition) is 2. The molecule has 2 N–H and O–H groups in total. The van der Waals surface area contributed by atoms with Crippen LogP contribution in [0.2, 0.25) is 0 Å². The maximum absolute atomic E-state index is 12.3. The van der Waals surface area contributed by atoms with E-state index in [1.165, 1.54) is 11.3 Å². The number of halogens is 1. The molecule has 2 aromatic carbocycles. The van der Waals surface area contributed by atoms with Gasteiger partial charge >= 0.3 is 5.97 Å². The highest BCUT2D eigenvalue weighted by Gasteiger charge is 2.17. The van der Waals surface area contributed by atoms with Crippen molar-refractivity contribution in [1.29, 1.82) is 0 Å². The molecule has 148 valence electrons. The van der Waals surface area contributed by atoms with E-state index < -0.39 is 18.5 Å². The van der Waals surface area contributed by atoms with Crippen molar-refractivity contribution in [2.75, 3.05) is 18.5 Å². The molecule has 0 atom stereocenters. The first-order valence-corrected chi connectivity index (χ1v) is 10.3. The lowest BCUT2D eigenvalue weighted by molar-refractivity contribution is -0.126. The Morgan fingerprint density at radius 1 is 0.931 bits per heavy atom. The summed E-state index contributed by atoms with van der Waals surface area (Å²) in [7, 11) is 0. The van der Waals surface area contributed by atoms with Crippen molar-refractivity contribution in [3.63, 3.8) is 0 Å². The predicted octanol–water partition coefficient (Wildman–Crippen LogP) is 4.09. The van der Waals surface area contributed by atoms with Crippen molar-refractivity contribution in [2.24, 2.45) is 0 Å². The van der Waals surface area contributed by atoms with Gasteiger partial charge in [0.2, 0.25) is 5.91 Å². The Kier molecular flexibility index (Phi) is 7.15. The zero-order valence-corrected chi connectivity index (χ0v) is 17.6. The molecular formula is C21H17BrN2O4S. The van der Waals surface area contributed by atoms with Crippen LogP contribution < -0.4 is 10.6 Å². The molecule has 6 nitrogen and oxygen atoms in total. The third-order valence-electron chi connectivity index (χ3n) is 3.86. The Labute approximate surface area is 180 Å². The Morgan fingerprint density at radius 3 is 2.41 bits per heavy atom. The average molecular weight is 473 g/mol. The van der Waals surface area contributed by atoms with E-state index in [9.17, 15) is 14.4 Å². The fourth-order valence-electron chi connectivity index (χ4n) is 2.50. The molecule has 0 spiro atoms. The van der Waals surface area contributed by atoms with Crippen LogP contribution in [0.5, 0.6) is 0 Å². The van der Waals surface area contributed by atoms with E-state index in [1.54, 1.807) is 23.6 Å². The number of rotatable bonds is 7. The maximum atomic E-state index is 12.3. The van der Waals surface area contributed by atoms with Gasteiger partial charge in [0.15, 0.2) is 6.61 Å². The molecule has 0 aliphatic carbocycles. The van der Waals surface area contributed by atoms with E-state index in [1.807, 2.05) is 42.5 Å². The molecule has 1 aromatic heterocycles. The maximum Gasteiger partial charge on any atom is 0.349 e. The van der Waals surface area contributed by atoms with Gasteiger partial charge in [-0.2, -0.15) is 0 Å². The first-order chi connectivity index (χ1) is 14.0. The quantitative estimate of drug-likeness (QED) is 0.507. The first-order valence-electron chi connectivity index (χ1n) is 8.65. The van der Waals surface area contributed by atoms with E-state index in [4.69, 9.17) is 4.74 Å². The summed E-state index contributed by atoms with van der Waals surface area (Å²) in [5.74, 6) is -1.52. The van der Waals surface area contributed by atoms with Gasteiger partial charge in [-0.25, -0.2) is 4.79 Å². The summed E-state index contributed by atoms with van der Waals surface area (Å²) in [6.07, 6.45) is 0. The molecule has 0 saturated heterocycles. The summed E-state index contributed by atoms with van der Waals surface area (Å²) < 4.78 is 5.84. The standard InChI is InChI=1S/C21H17BrN2O4S/c22-16-8-4-5-9-17(16)24-18(25)12-23-19(26)13-28-21(27)20-15(10-11-29-20)14-6-2-1-3-7-14/h1-11H,12-13H2,(H,23,26)(H,24,25). The minimum absolute atomic E-state index is 0.230. The van der Waals surface area contributed by atoms with Crippen LogP contribution in [0.3, 0.4) is 0 Å². The number of benzene rings is 2. The van der Waals surface area contributed by atoms with Gasteiger partial charge in [0, 0.05) is 10.0 Å². The van der Waals surface area contributed by atoms with Crippen LogP contribution in [0.1, 0.15) is 9.67 Å². The number of amides is 2. The highest BCUT2D eigenvalue weighted by atomic mass is 79.9. The number of carbonyl (C=O) groups is 3. The normalized spacial score (nSPS) is 10.2. The van der Waals surface area contributed by atoms with Gasteiger partial charge in [0.05, 0.1) is 12.2 Å². The highest BCUT2D eigenvalue weighted by molar-refractivity contribution is 9.10. The Balaban J connectivity index is 1.48. The summed E-state index contributed by atoms with van der Waals surface area (Å²) >= 11 is 4.58. The Hall–Kier alpha value is -2.97. The largest absolute Gasteiger partial charge is 0.451 e. The zero-order chi connectivity index (χ0) is 20.6. The number of hydrogen-bond acceptors (Lipinski definition) is 5. The van der Waals surface area contributed by atoms with Crippen molar-refractivity contribution < 1.29 is 19.1 Å². The molecule has 0 fully saturated rings. The fraction of sp³-hybridized carbons (Fsp3) is 0.0952. The molecule has 0 saturated carbocycles. The number of thiophene rings is 1. The summed E-state index contributed by atoms with van der Waals surface area (Å²) in [6, 6.07) is 18.4. The molecular weight excluding hydrogens is 456 g/mol. The molecule has 0 radical (unpaired) electrons. The third-order valence-corrected chi connectivity index (χ3v) is 5.45. The molecule has 1 heterocycles. The van der Waals surface area contributed by atoms with Crippen molar-refractivity contribution >= 4 is 50.7 Å². The molecule has 29 heavy (non-hydrogen) atoms. The summed E-state index contributed by atoms with van der Waals surface area (Å²) in [6.45, 7) is -0.695. The molecule has 0 aliphatic heterocycles. The van der Waals surface area contributed by atoms with Crippen LogP contribution in [0.25, 0.3) is 11.1 Å². The van der Waals surface area contributed by atoms with E-state index >= 15 is 0 Å². The molecule has 3 rings (SSSR count). The van der Waals surface area contributed by atoms with Crippen LogP contribution in [0.4, 0.5) is 5.69 Å². The van der Waals surface area contributed by atoms with Gasteiger partial charge in [0.1, 0.15) is 4.88 Å². The van der Waals surface area contributed by atoms with Crippen molar-refractivity contribution in [3.8, 4) is 11.1 Å². The van der Waals surface area contributed by atoms with Crippen molar-refractivity contribution in [2.45, 2.75) is 0 Å². The zero-order valence-electron chi connectivity index (χ0n) is 15.2. The molecule has 0 bridgehead atoms. The lowest BCUT2D eigenvalue weighted by Gasteiger charge is -2.09. The van der Waals surface area contributed by atoms with Gasteiger partial charge < -0.3 is 15.4 Å². The first kappa shape index (κ1) is 20.8. The number of ether oxygens (including phenoxy) is 1. The van der Waals surface area contributed by atoms with Crippen molar-refractivity contribution in [3.05, 3.63) is 75.4 Å². The number of para-hydroxylation sites is 1. The number of nitrogens with one attached hydrogen (secondary N) is 2. The second-order valence-electron chi connectivity index (χ2n) is 5.91. The van der Waals surface area contributed by atoms with Crippen LogP contribution in [-0.4, -0.2) is 30.9 Å². The van der Waals surface area contributed by atoms with Gasteiger partial charge in [0.25, 0.3) is 5.91 Å². The topological polar surface area (TPSA) is 84.5 Å². The highest BCUT2D eigenvalue weighted by Crippen LogP contribution is 2.28. The van der Waals surface area contributed by atoms with E-state index in [0.717, 1.165) is 15.6 Å². The van der Waals surface area contributed by atoms with Gasteiger partial charge in [-0.3, -0.25) is 9.59 Å². The average Bonchev–Trinajstić information content (AvgIpc) is 3.23. The second kappa shape index (κ2) is 9.99. The molecule has 0 unspecified atom stereocenters. The summed E-state index contributed by atoms with van der Waals surface area (Å²) in [4.78, 5) is 36.6. The lowest BCUT2D eigenvalue weighted by atomic mass is 10.1. The fourth-order valence-corrected chi connectivity index (χ4v) is 3.69. The number of anilines is 1.